The molecule has 2 aromatic heterocycles. The highest BCUT2D eigenvalue weighted by Gasteiger charge is 2.50. The monoisotopic (exact) mass is 490 g/mol. The fraction of sp³-hybridized carbons (Fsp3) is 0.350. The molecule has 15 heteroatoms. The number of pyridine rings is 1. The van der Waals surface area contributed by atoms with Gasteiger partial charge in [0.15, 0.2) is 17.9 Å². The molecule has 1 N–H and O–H groups in total. The number of urea groups is 1. The van der Waals surface area contributed by atoms with E-state index in [1.54, 1.807) is 13.0 Å². The van der Waals surface area contributed by atoms with Gasteiger partial charge in [0.25, 0.3) is 5.91 Å². The Bertz CT molecular complexity index is 1270. The third-order valence-corrected chi connectivity index (χ3v) is 5.33. The van der Waals surface area contributed by atoms with Crippen molar-refractivity contribution in [3.05, 3.63) is 40.9 Å². The molecule has 4 rings (SSSR count). The molecule has 2 aliphatic rings. The lowest BCUT2D eigenvalue weighted by Crippen LogP contribution is -2.64. The van der Waals surface area contributed by atoms with Crippen molar-refractivity contribution in [1.29, 1.82) is 5.26 Å². The molecule has 35 heavy (non-hydrogen) atoms. The maximum atomic E-state index is 13.1. The zero-order chi connectivity index (χ0) is 25.5. The SMILES string of the molecule is Cc1cc(CN2C(=O)C3C(N=CN3CC(=O)Nc3ccc(C#N)c(C(F)(F)F)n3)N(C)C2=O)no1. The van der Waals surface area contributed by atoms with Gasteiger partial charge in [-0.3, -0.25) is 14.5 Å². The van der Waals surface area contributed by atoms with E-state index >= 15 is 0 Å². The molecule has 0 radical (unpaired) electrons. The maximum absolute atomic E-state index is 13.1. The van der Waals surface area contributed by atoms with Crippen molar-refractivity contribution in [3.63, 3.8) is 0 Å². The number of amides is 4. The van der Waals surface area contributed by atoms with Crippen LogP contribution in [0.2, 0.25) is 0 Å². The van der Waals surface area contributed by atoms with Crippen LogP contribution in [0.3, 0.4) is 0 Å². The fourth-order valence-corrected chi connectivity index (χ4v) is 3.74. The number of alkyl halides is 3. The molecular weight excluding hydrogens is 473 g/mol. The minimum absolute atomic E-state index is 0.155. The van der Waals surface area contributed by atoms with Crippen molar-refractivity contribution in [1.82, 2.24) is 24.8 Å². The quantitative estimate of drug-likeness (QED) is 0.660. The van der Waals surface area contributed by atoms with Crippen LogP contribution in [0.15, 0.2) is 27.7 Å². The van der Waals surface area contributed by atoms with Crippen LogP contribution < -0.4 is 5.32 Å². The Morgan fingerprint density at radius 3 is 2.69 bits per heavy atom. The molecule has 12 nitrogen and oxygen atoms in total. The number of nitrogens with zero attached hydrogens (tertiary/aromatic N) is 7. The molecule has 2 aromatic rings. The third kappa shape index (κ3) is 4.50. The molecule has 0 bridgehead atoms. The van der Waals surface area contributed by atoms with E-state index in [0.717, 1.165) is 17.0 Å². The number of anilines is 1. The number of likely N-dealkylation sites (N-methyl/N-ethyl adjacent to an activating group) is 1. The highest BCUT2D eigenvalue weighted by molar-refractivity contribution is 6.03. The van der Waals surface area contributed by atoms with E-state index in [1.165, 1.54) is 29.3 Å². The summed E-state index contributed by atoms with van der Waals surface area (Å²) >= 11 is 0. The number of carbonyl (C=O) groups excluding carboxylic acids is 3. The second-order valence-corrected chi connectivity index (χ2v) is 7.79. The summed E-state index contributed by atoms with van der Waals surface area (Å²) in [4.78, 5) is 49.4. The summed E-state index contributed by atoms with van der Waals surface area (Å²) in [6, 6.07) is 3.29. The predicted octanol–water partition coefficient (Wildman–Crippen LogP) is 1.34. The first-order valence-electron chi connectivity index (χ1n) is 10.1. The topological polar surface area (TPSA) is 148 Å². The van der Waals surface area contributed by atoms with Gasteiger partial charge in [0.05, 0.1) is 25.0 Å². The number of hydrogen-bond donors (Lipinski definition) is 1. The van der Waals surface area contributed by atoms with Crippen LogP contribution in [0, 0.1) is 18.3 Å². The normalized spacial score (nSPS) is 19.7. The van der Waals surface area contributed by atoms with Crippen LogP contribution in [-0.4, -0.2) is 74.8 Å². The van der Waals surface area contributed by atoms with Gasteiger partial charge in [0.1, 0.15) is 23.3 Å². The first-order valence-corrected chi connectivity index (χ1v) is 10.1. The van der Waals surface area contributed by atoms with E-state index in [9.17, 15) is 27.6 Å². The molecule has 4 heterocycles. The number of aryl methyl sites for hydroxylation is 1. The third-order valence-electron chi connectivity index (χ3n) is 5.33. The number of hydrogen-bond acceptors (Lipinski definition) is 9. The molecule has 182 valence electrons. The fourth-order valence-electron chi connectivity index (χ4n) is 3.74. The van der Waals surface area contributed by atoms with Crippen molar-refractivity contribution < 1.29 is 32.1 Å². The summed E-state index contributed by atoms with van der Waals surface area (Å²) < 4.78 is 44.4. The van der Waals surface area contributed by atoms with Crippen LogP contribution >= 0.6 is 0 Å². The highest BCUT2D eigenvalue weighted by atomic mass is 19.4. The average Bonchev–Trinajstić information content (AvgIpc) is 3.40. The number of nitriles is 1. The van der Waals surface area contributed by atoms with Crippen LogP contribution in [0.1, 0.15) is 22.7 Å². The van der Waals surface area contributed by atoms with Crippen molar-refractivity contribution in [2.75, 3.05) is 18.9 Å². The molecule has 0 aliphatic carbocycles. The highest BCUT2D eigenvalue weighted by Crippen LogP contribution is 2.31. The van der Waals surface area contributed by atoms with E-state index in [1.807, 2.05) is 0 Å². The Morgan fingerprint density at radius 2 is 2.06 bits per heavy atom. The van der Waals surface area contributed by atoms with E-state index < -0.39 is 59.8 Å². The lowest BCUT2D eigenvalue weighted by molar-refractivity contribution is -0.141. The van der Waals surface area contributed by atoms with Gasteiger partial charge in [-0.2, -0.15) is 18.4 Å². The zero-order valence-electron chi connectivity index (χ0n) is 18.3. The zero-order valence-corrected chi connectivity index (χ0v) is 18.3. The largest absolute Gasteiger partial charge is 0.434 e. The molecular formula is C20H17F3N8O4. The van der Waals surface area contributed by atoms with Crippen LogP contribution in [0.4, 0.5) is 23.8 Å². The second kappa shape index (κ2) is 8.70. The number of aliphatic imine (C=N–C) groups is 1. The first kappa shape index (κ1) is 23.7. The van der Waals surface area contributed by atoms with Gasteiger partial charge in [-0.1, -0.05) is 5.16 Å². The van der Waals surface area contributed by atoms with E-state index in [0.29, 0.717) is 11.5 Å². The molecule has 2 aliphatic heterocycles. The number of halogens is 3. The number of rotatable bonds is 5. The molecule has 2 atom stereocenters. The number of nitrogens with one attached hydrogen (secondary N) is 1. The molecule has 0 saturated carbocycles. The number of fused-ring (bicyclic) bond motifs is 1. The van der Waals surface area contributed by atoms with Crippen molar-refractivity contribution in [2.45, 2.75) is 31.9 Å². The Hall–Kier alpha value is -4.48. The van der Waals surface area contributed by atoms with Crippen molar-refractivity contribution in [3.8, 4) is 6.07 Å². The average molecular weight is 490 g/mol. The molecule has 1 fully saturated rings. The number of aromatic nitrogens is 2. The molecule has 1 saturated heterocycles. The van der Waals surface area contributed by atoms with Crippen LogP contribution in [0.5, 0.6) is 0 Å². The Labute approximate surface area is 195 Å². The van der Waals surface area contributed by atoms with E-state index in [-0.39, 0.29) is 6.54 Å². The minimum Gasteiger partial charge on any atom is -0.361 e. The van der Waals surface area contributed by atoms with Gasteiger partial charge in [0, 0.05) is 13.1 Å². The maximum Gasteiger partial charge on any atom is 0.434 e. The lowest BCUT2D eigenvalue weighted by atomic mass is 10.1. The summed E-state index contributed by atoms with van der Waals surface area (Å²) in [5.41, 5.74) is -1.76. The summed E-state index contributed by atoms with van der Waals surface area (Å²) in [5, 5.41) is 14.9. The lowest BCUT2D eigenvalue weighted by Gasteiger charge is -2.40. The molecule has 2 unspecified atom stereocenters. The van der Waals surface area contributed by atoms with Crippen LogP contribution in [0.25, 0.3) is 0 Å². The molecule has 0 aromatic carbocycles. The standard InChI is InChI=1S/C20H17F3N8O4/c1-10-5-12(28-35-10)7-31-18(33)15-17(29(2)19(31)34)25-9-30(15)8-14(32)26-13-4-3-11(6-24)16(27-13)20(21,22)23/h3-5,9,15,17H,7-8H2,1-2H3,(H,26,27,32). The first-order chi connectivity index (χ1) is 16.5. The van der Waals surface area contributed by atoms with Crippen molar-refractivity contribution in [2.24, 2.45) is 4.99 Å². The Kier molecular flexibility index (Phi) is 5.89. The van der Waals surface area contributed by atoms with Gasteiger partial charge < -0.3 is 19.6 Å². The Morgan fingerprint density at radius 1 is 1.31 bits per heavy atom. The number of carbonyl (C=O) groups is 3. The van der Waals surface area contributed by atoms with Gasteiger partial charge in [-0.05, 0) is 19.1 Å². The minimum atomic E-state index is -4.89. The summed E-state index contributed by atoms with van der Waals surface area (Å²) in [7, 11) is 1.45. The van der Waals surface area contributed by atoms with Gasteiger partial charge in [-0.25, -0.2) is 14.8 Å². The van der Waals surface area contributed by atoms with E-state index in [4.69, 9.17) is 9.78 Å². The van der Waals surface area contributed by atoms with E-state index in [2.05, 4.69) is 20.4 Å². The second-order valence-electron chi connectivity index (χ2n) is 7.79. The molecule has 4 amide bonds. The summed E-state index contributed by atoms with van der Waals surface area (Å²) in [5.74, 6) is -1.33. The molecule has 0 spiro atoms. The predicted molar refractivity (Wildman–Crippen MR) is 110 cm³/mol. The summed E-state index contributed by atoms with van der Waals surface area (Å²) in [6.45, 7) is 1.04. The number of imide groups is 1. The smallest absolute Gasteiger partial charge is 0.361 e. The van der Waals surface area contributed by atoms with Crippen molar-refractivity contribution >= 4 is 30.0 Å². The Balaban J connectivity index is 1.49. The summed E-state index contributed by atoms with van der Waals surface area (Å²) in [6.07, 6.45) is -4.55. The van der Waals surface area contributed by atoms with Gasteiger partial charge in [-0.15, -0.1) is 0 Å². The van der Waals surface area contributed by atoms with Gasteiger partial charge in [0.2, 0.25) is 5.91 Å². The van der Waals surface area contributed by atoms with Crippen LogP contribution in [-0.2, 0) is 22.3 Å². The van der Waals surface area contributed by atoms with Gasteiger partial charge >= 0.3 is 12.2 Å².